The summed E-state index contributed by atoms with van der Waals surface area (Å²) in [5.74, 6) is 0.167. The Labute approximate surface area is 143 Å². The Morgan fingerprint density at radius 3 is 3.04 bits per heavy atom. The van der Waals surface area contributed by atoms with E-state index in [2.05, 4.69) is 26.3 Å². The largest absolute Gasteiger partial charge is 0.508 e. The number of benzene rings is 1. The molecule has 0 radical (unpaired) electrons. The molecule has 1 aromatic carbocycles. The van der Waals surface area contributed by atoms with E-state index in [4.69, 9.17) is 0 Å². The van der Waals surface area contributed by atoms with E-state index in [0.29, 0.717) is 5.65 Å². The molecule has 0 fully saturated rings. The summed E-state index contributed by atoms with van der Waals surface area (Å²) in [5.41, 5.74) is 3.36. The van der Waals surface area contributed by atoms with Gasteiger partial charge in [0, 0.05) is 28.9 Å². The molecule has 3 heterocycles. The molecule has 0 amide bonds. The van der Waals surface area contributed by atoms with E-state index < -0.39 is 0 Å². The van der Waals surface area contributed by atoms with Gasteiger partial charge >= 0.3 is 0 Å². The number of fused-ring (bicyclic) bond motifs is 1. The fourth-order valence-electron chi connectivity index (χ4n) is 2.93. The van der Waals surface area contributed by atoms with Gasteiger partial charge in [0.2, 0.25) is 0 Å². The summed E-state index contributed by atoms with van der Waals surface area (Å²) >= 11 is 0. The normalized spacial score (nSPS) is 12.1. The number of phenolic OH excluding ortho intramolecular Hbond substituents is 1. The minimum absolute atomic E-state index is 0.167. The third-order valence-electron chi connectivity index (χ3n) is 4.13. The molecule has 4 aromatic rings. The van der Waals surface area contributed by atoms with Crippen LogP contribution in [0, 0.1) is 11.3 Å². The molecule has 122 valence electrons. The van der Waals surface area contributed by atoms with Crippen LogP contribution in [0.2, 0.25) is 0 Å². The summed E-state index contributed by atoms with van der Waals surface area (Å²) in [6.45, 7) is 0. The number of aromatic amines is 1. The zero-order valence-corrected chi connectivity index (χ0v) is 13.2. The fraction of sp³-hybridized carbons (Fsp3) is 0.111. The first-order valence-electron chi connectivity index (χ1n) is 7.75. The van der Waals surface area contributed by atoms with Gasteiger partial charge in [-0.2, -0.15) is 15.5 Å². The SMILES string of the molecule is N#CCC(c1cccc(O)c1)n1cc(-c2cnnc3[nH]ccc23)cn1. The maximum Gasteiger partial charge on any atom is 0.160 e. The maximum atomic E-state index is 9.72. The van der Waals surface area contributed by atoms with Gasteiger partial charge < -0.3 is 10.1 Å². The van der Waals surface area contributed by atoms with Crippen LogP contribution < -0.4 is 0 Å². The minimum atomic E-state index is -0.276. The van der Waals surface area contributed by atoms with Crippen molar-refractivity contribution in [2.75, 3.05) is 0 Å². The summed E-state index contributed by atoms with van der Waals surface area (Å²) in [4.78, 5) is 3.04. The average Bonchev–Trinajstić information content (AvgIpc) is 3.28. The minimum Gasteiger partial charge on any atom is -0.508 e. The predicted molar refractivity (Wildman–Crippen MR) is 91.6 cm³/mol. The predicted octanol–water partition coefficient (Wildman–Crippen LogP) is 3.03. The van der Waals surface area contributed by atoms with Crippen molar-refractivity contribution in [3.8, 4) is 22.9 Å². The first kappa shape index (κ1) is 14.9. The zero-order chi connectivity index (χ0) is 17.2. The molecule has 0 aliphatic rings. The third kappa shape index (κ3) is 2.70. The monoisotopic (exact) mass is 330 g/mol. The molecule has 7 heteroatoms. The molecule has 2 N–H and O–H groups in total. The summed E-state index contributed by atoms with van der Waals surface area (Å²) in [7, 11) is 0. The number of hydrogen-bond donors (Lipinski definition) is 2. The highest BCUT2D eigenvalue weighted by atomic mass is 16.3. The molecule has 0 aliphatic carbocycles. The number of rotatable bonds is 4. The number of aromatic hydroxyl groups is 1. The summed E-state index contributed by atoms with van der Waals surface area (Å²) in [6, 6.07) is 10.8. The Bertz CT molecular complexity index is 1070. The van der Waals surface area contributed by atoms with Gasteiger partial charge in [-0.25, -0.2) is 0 Å². The van der Waals surface area contributed by atoms with Gasteiger partial charge in [-0.3, -0.25) is 4.68 Å². The summed E-state index contributed by atoms with van der Waals surface area (Å²) < 4.78 is 1.74. The van der Waals surface area contributed by atoms with Crippen LogP contribution in [-0.2, 0) is 0 Å². The second-order valence-corrected chi connectivity index (χ2v) is 5.68. The van der Waals surface area contributed by atoms with E-state index in [1.54, 1.807) is 35.3 Å². The molecule has 0 aliphatic heterocycles. The highest BCUT2D eigenvalue weighted by Gasteiger charge is 2.17. The quantitative estimate of drug-likeness (QED) is 0.598. The van der Waals surface area contributed by atoms with E-state index in [-0.39, 0.29) is 18.2 Å². The summed E-state index contributed by atoms with van der Waals surface area (Å²) in [5, 5.41) is 32.4. The molecule has 0 saturated carbocycles. The number of H-pyrrole nitrogens is 1. The van der Waals surface area contributed by atoms with Crippen molar-refractivity contribution in [3.05, 3.63) is 60.7 Å². The molecule has 0 saturated heterocycles. The van der Waals surface area contributed by atoms with Crippen molar-refractivity contribution < 1.29 is 5.11 Å². The second-order valence-electron chi connectivity index (χ2n) is 5.68. The smallest absolute Gasteiger partial charge is 0.160 e. The van der Waals surface area contributed by atoms with E-state index in [0.717, 1.165) is 22.1 Å². The van der Waals surface area contributed by atoms with Crippen molar-refractivity contribution in [3.63, 3.8) is 0 Å². The van der Waals surface area contributed by atoms with Crippen molar-refractivity contribution in [2.45, 2.75) is 12.5 Å². The number of aromatic nitrogens is 5. The van der Waals surface area contributed by atoms with Crippen LogP contribution in [0.4, 0.5) is 0 Å². The van der Waals surface area contributed by atoms with Crippen LogP contribution in [0.3, 0.4) is 0 Å². The lowest BCUT2D eigenvalue weighted by molar-refractivity contribution is 0.470. The first-order chi connectivity index (χ1) is 12.3. The molecule has 25 heavy (non-hydrogen) atoms. The van der Waals surface area contributed by atoms with Gasteiger partial charge in [0.15, 0.2) is 5.65 Å². The molecule has 0 bridgehead atoms. The Morgan fingerprint density at radius 2 is 2.20 bits per heavy atom. The molecular weight excluding hydrogens is 316 g/mol. The lowest BCUT2D eigenvalue weighted by atomic mass is 10.0. The Hall–Kier alpha value is -3.66. The van der Waals surface area contributed by atoms with Gasteiger partial charge in [0.25, 0.3) is 0 Å². The highest BCUT2D eigenvalue weighted by molar-refractivity contribution is 5.91. The average molecular weight is 330 g/mol. The van der Waals surface area contributed by atoms with Crippen molar-refractivity contribution in [1.82, 2.24) is 25.0 Å². The van der Waals surface area contributed by atoms with Crippen LogP contribution in [0.25, 0.3) is 22.2 Å². The van der Waals surface area contributed by atoms with E-state index in [1.807, 2.05) is 24.5 Å². The van der Waals surface area contributed by atoms with Crippen molar-refractivity contribution >= 4 is 11.0 Å². The van der Waals surface area contributed by atoms with Gasteiger partial charge in [0.05, 0.1) is 30.9 Å². The van der Waals surface area contributed by atoms with Crippen molar-refractivity contribution in [2.24, 2.45) is 0 Å². The first-order valence-corrected chi connectivity index (χ1v) is 7.75. The standard InChI is InChI=1S/C18H14N6O/c19-6-4-17(12-2-1-3-14(25)8-12)24-11-13(9-22-24)16-10-21-23-18-15(16)5-7-20-18/h1-3,5,7-11,17,25H,4H2,(H,20,23). The maximum absolute atomic E-state index is 9.72. The van der Waals surface area contributed by atoms with Gasteiger partial charge in [-0.15, -0.1) is 5.10 Å². The molecule has 4 rings (SSSR count). The van der Waals surface area contributed by atoms with E-state index in [9.17, 15) is 10.4 Å². The van der Waals surface area contributed by atoms with Crippen LogP contribution in [0.15, 0.2) is 55.1 Å². The third-order valence-corrected chi connectivity index (χ3v) is 4.13. The molecule has 1 atom stereocenters. The molecule has 0 spiro atoms. The van der Waals surface area contributed by atoms with Gasteiger partial charge in [0.1, 0.15) is 5.75 Å². The van der Waals surface area contributed by atoms with E-state index in [1.165, 1.54) is 0 Å². The molecule has 1 unspecified atom stereocenters. The number of phenols is 1. The topological polar surface area (TPSA) is 103 Å². The van der Waals surface area contributed by atoms with Gasteiger partial charge in [-0.05, 0) is 23.8 Å². The number of nitrogens with zero attached hydrogens (tertiary/aromatic N) is 5. The molecule has 3 aromatic heterocycles. The van der Waals surface area contributed by atoms with Crippen LogP contribution in [0.1, 0.15) is 18.0 Å². The zero-order valence-electron chi connectivity index (χ0n) is 13.2. The number of nitrogens with one attached hydrogen (secondary N) is 1. The number of hydrogen-bond acceptors (Lipinski definition) is 5. The van der Waals surface area contributed by atoms with Crippen molar-refractivity contribution in [1.29, 1.82) is 5.26 Å². The Morgan fingerprint density at radius 1 is 1.28 bits per heavy atom. The highest BCUT2D eigenvalue weighted by Crippen LogP contribution is 2.29. The van der Waals surface area contributed by atoms with Crippen LogP contribution in [0.5, 0.6) is 5.75 Å². The summed E-state index contributed by atoms with van der Waals surface area (Å²) in [6.07, 6.45) is 7.40. The second kappa shape index (κ2) is 6.09. The fourth-order valence-corrected chi connectivity index (χ4v) is 2.93. The van der Waals surface area contributed by atoms with Crippen LogP contribution in [-0.4, -0.2) is 30.1 Å². The number of nitriles is 1. The van der Waals surface area contributed by atoms with Crippen LogP contribution >= 0.6 is 0 Å². The lowest BCUT2D eigenvalue weighted by Crippen LogP contribution is -2.10. The lowest BCUT2D eigenvalue weighted by Gasteiger charge is -2.15. The Kier molecular flexibility index (Phi) is 3.63. The van der Waals surface area contributed by atoms with E-state index >= 15 is 0 Å². The Balaban J connectivity index is 1.76. The molecule has 7 nitrogen and oxygen atoms in total. The van der Waals surface area contributed by atoms with Gasteiger partial charge in [-0.1, -0.05) is 12.1 Å². The molecular formula is C18H14N6O.